The number of pyridine rings is 1. The minimum absolute atomic E-state index is 0.249. The van der Waals surface area contributed by atoms with Crippen LogP contribution in [0.25, 0.3) is 10.9 Å². The fourth-order valence-corrected chi connectivity index (χ4v) is 2.66. The zero-order valence-electron chi connectivity index (χ0n) is 11.8. The summed E-state index contributed by atoms with van der Waals surface area (Å²) in [5.41, 5.74) is 1.57. The van der Waals surface area contributed by atoms with Crippen LogP contribution in [0, 0.1) is 0 Å². The Labute approximate surface area is 123 Å². The Hall–Kier alpha value is -1.99. The second-order valence-electron chi connectivity index (χ2n) is 4.82. The van der Waals surface area contributed by atoms with E-state index in [0.717, 1.165) is 17.2 Å². The predicted octanol–water partition coefficient (Wildman–Crippen LogP) is 0.789. The first-order chi connectivity index (χ1) is 9.85. The number of fused-ring (bicyclic) bond motifs is 1. The van der Waals surface area contributed by atoms with Gasteiger partial charge in [-0.2, -0.15) is 0 Å². The standard InChI is InChI=1S/C14H17N3O3S/c1-10(17-21(2,19)20)14(18)15-9-12-8-7-11-5-3-4-6-13(11)16-12/h3-8,10,17H,9H2,1-2H3,(H,15,18)/t10-/m0/s1. The molecule has 0 unspecified atom stereocenters. The molecular weight excluding hydrogens is 290 g/mol. The number of benzene rings is 1. The SMILES string of the molecule is C[C@H](NS(C)(=O)=O)C(=O)NCc1ccc2ccccc2n1. The molecule has 0 fully saturated rings. The Morgan fingerprint density at radius 3 is 2.67 bits per heavy atom. The Kier molecular flexibility index (Phi) is 4.54. The molecule has 1 aromatic heterocycles. The minimum Gasteiger partial charge on any atom is -0.349 e. The molecule has 0 bridgehead atoms. The molecule has 1 atom stereocenters. The van der Waals surface area contributed by atoms with Crippen molar-refractivity contribution in [3.8, 4) is 0 Å². The molecule has 0 aliphatic carbocycles. The van der Waals surface area contributed by atoms with Gasteiger partial charge in [0.2, 0.25) is 15.9 Å². The number of carbonyl (C=O) groups excluding carboxylic acids is 1. The molecule has 6 nitrogen and oxygen atoms in total. The lowest BCUT2D eigenvalue weighted by atomic mass is 10.2. The second-order valence-corrected chi connectivity index (χ2v) is 6.60. The van der Waals surface area contributed by atoms with Crippen LogP contribution >= 0.6 is 0 Å². The molecule has 1 amide bonds. The van der Waals surface area contributed by atoms with Crippen LogP contribution in [0.1, 0.15) is 12.6 Å². The van der Waals surface area contributed by atoms with E-state index in [2.05, 4.69) is 15.0 Å². The van der Waals surface area contributed by atoms with Crippen molar-refractivity contribution >= 4 is 26.8 Å². The highest BCUT2D eigenvalue weighted by Gasteiger charge is 2.16. The molecule has 2 rings (SSSR count). The van der Waals surface area contributed by atoms with Gasteiger partial charge in [0.25, 0.3) is 0 Å². The van der Waals surface area contributed by atoms with Gasteiger partial charge in [-0.25, -0.2) is 13.1 Å². The highest BCUT2D eigenvalue weighted by Crippen LogP contribution is 2.11. The summed E-state index contributed by atoms with van der Waals surface area (Å²) in [7, 11) is -3.41. The van der Waals surface area contributed by atoms with E-state index in [0.29, 0.717) is 5.69 Å². The maximum Gasteiger partial charge on any atom is 0.238 e. The first-order valence-corrected chi connectivity index (χ1v) is 8.34. The molecule has 0 radical (unpaired) electrons. The number of rotatable bonds is 5. The molecular formula is C14H17N3O3S. The lowest BCUT2D eigenvalue weighted by molar-refractivity contribution is -0.122. The van der Waals surface area contributed by atoms with Crippen molar-refractivity contribution in [3.63, 3.8) is 0 Å². The first kappa shape index (κ1) is 15.4. The summed E-state index contributed by atoms with van der Waals surface area (Å²) in [6.45, 7) is 1.74. The molecule has 21 heavy (non-hydrogen) atoms. The number of carbonyl (C=O) groups is 1. The minimum atomic E-state index is -3.41. The summed E-state index contributed by atoms with van der Waals surface area (Å²) >= 11 is 0. The molecule has 0 saturated heterocycles. The van der Waals surface area contributed by atoms with Crippen LogP contribution in [0.5, 0.6) is 0 Å². The number of amides is 1. The smallest absolute Gasteiger partial charge is 0.238 e. The molecule has 2 aromatic rings. The van der Waals surface area contributed by atoms with Crippen LogP contribution in [0.15, 0.2) is 36.4 Å². The molecule has 0 aliphatic rings. The monoisotopic (exact) mass is 307 g/mol. The van der Waals surface area contributed by atoms with Gasteiger partial charge in [0.15, 0.2) is 0 Å². The molecule has 1 heterocycles. The lowest BCUT2D eigenvalue weighted by Gasteiger charge is -2.12. The van der Waals surface area contributed by atoms with Gasteiger partial charge in [-0.05, 0) is 19.1 Å². The summed E-state index contributed by atoms with van der Waals surface area (Å²) < 4.78 is 24.4. The predicted molar refractivity (Wildman–Crippen MR) is 81.0 cm³/mol. The zero-order valence-corrected chi connectivity index (χ0v) is 12.6. The van der Waals surface area contributed by atoms with Crippen LogP contribution in [-0.4, -0.2) is 31.6 Å². The van der Waals surface area contributed by atoms with Crippen molar-refractivity contribution in [1.82, 2.24) is 15.0 Å². The van der Waals surface area contributed by atoms with E-state index in [1.807, 2.05) is 36.4 Å². The van der Waals surface area contributed by atoms with Crippen molar-refractivity contribution in [1.29, 1.82) is 0 Å². The van der Waals surface area contributed by atoms with E-state index in [9.17, 15) is 13.2 Å². The van der Waals surface area contributed by atoms with Gasteiger partial charge in [-0.1, -0.05) is 24.3 Å². The van der Waals surface area contributed by atoms with E-state index in [-0.39, 0.29) is 6.54 Å². The topological polar surface area (TPSA) is 88.2 Å². The average molecular weight is 307 g/mol. The molecule has 0 spiro atoms. The van der Waals surface area contributed by atoms with Gasteiger partial charge in [-0.15, -0.1) is 0 Å². The largest absolute Gasteiger partial charge is 0.349 e. The number of para-hydroxylation sites is 1. The quantitative estimate of drug-likeness (QED) is 0.855. The van der Waals surface area contributed by atoms with Crippen LogP contribution in [0.4, 0.5) is 0 Å². The van der Waals surface area contributed by atoms with E-state index < -0.39 is 22.0 Å². The first-order valence-electron chi connectivity index (χ1n) is 6.45. The van der Waals surface area contributed by atoms with E-state index >= 15 is 0 Å². The summed E-state index contributed by atoms with van der Waals surface area (Å²) in [6.07, 6.45) is 1.02. The fourth-order valence-electron chi connectivity index (χ4n) is 1.91. The summed E-state index contributed by atoms with van der Waals surface area (Å²) in [5.74, 6) is -0.393. The van der Waals surface area contributed by atoms with Crippen molar-refractivity contribution in [3.05, 3.63) is 42.1 Å². The maximum atomic E-state index is 11.8. The van der Waals surface area contributed by atoms with Crippen LogP contribution in [0.2, 0.25) is 0 Å². The van der Waals surface area contributed by atoms with E-state index in [1.165, 1.54) is 6.92 Å². The van der Waals surface area contributed by atoms with Gasteiger partial charge < -0.3 is 5.32 Å². The number of sulfonamides is 1. The van der Waals surface area contributed by atoms with E-state index in [4.69, 9.17) is 0 Å². The van der Waals surface area contributed by atoms with Crippen LogP contribution in [0.3, 0.4) is 0 Å². The normalized spacial score (nSPS) is 13.0. The van der Waals surface area contributed by atoms with Gasteiger partial charge >= 0.3 is 0 Å². The van der Waals surface area contributed by atoms with Gasteiger partial charge in [-0.3, -0.25) is 9.78 Å². The second kappa shape index (κ2) is 6.19. The zero-order chi connectivity index (χ0) is 15.5. The number of hydrogen-bond donors (Lipinski definition) is 2. The van der Waals surface area contributed by atoms with Crippen molar-refractivity contribution in [2.75, 3.05) is 6.26 Å². The number of nitrogens with one attached hydrogen (secondary N) is 2. The van der Waals surface area contributed by atoms with Gasteiger partial charge in [0.05, 0.1) is 30.1 Å². The molecule has 0 aliphatic heterocycles. The fraction of sp³-hybridized carbons (Fsp3) is 0.286. The van der Waals surface area contributed by atoms with Gasteiger partial charge in [0, 0.05) is 5.39 Å². The number of nitrogens with zero attached hydrogens (tertiary/aromatic N) is 1. The molecule has 112 valence electrons. The Morgan fingerprint density at radius 1 is 1.24 bits per heavy atom. The molecule has 2 N–H and O–H groups in total. The maximum absolute atomic E-state index is 11.8. The van der Waals surface area contributed by atoms with Crippen molar-refractivity contribution in [2.45, 2.75) is 19.5 Å². The van der Waals surface area contributed by atoms with Crippen molar-refractivity contribution < 1.29 is 13.2 Å². The van der Waals surface area contributed by atoms with Crippen molar-refractivity contribution in [2.24, 2.45) is 0 Å². The Morgan fingerprint density at radius 2 is 1.95 bits per heavy atom. The highest BCUT2D eigenvalue weighted by molar-refractivity contribution is 7.88. The third-order valence-electron chi connectivity index (χ3n) is 2.88. The van der Waals surface area contributed by atoms with Gasteiger partial charge in [0.1, 0.15) is 0 Å². The van der Waals surface area contributed by atoms with Crippen LogP contribution in [-0.2, 0) is 21.4 Å². The summed E-state index contributed by atoms with van der Waals surface area (Å²) in [6, 6.07) is 10.6. The highest BCUT2D eigenvalue weighted by atomic mass is 32.2. The van der Waals surface area contributed by atoms with E-state index in [1.54, 1.807) is 0 Å². The third-order valence-corrected chi connectivity index (χ3v) is 3.67. The summed E-state index contributed by atoms with van der Waals surface area (Å²) in [5, 5.41) is 3.69. The molecule has 7 heteroatoms. The number of hydrogen-bond acceptors (Lipinski definition) is 4. The molecule has 0 saturated carbocycles. The van der Waals surface area contributed by atoms with Crippen LogP contribution < -0.4 is 10.0 Å². The summed E-state index contributed by atoms with van der Waals surface area (Å²) in [4.78, 5) is 16.2. The Balaban J connectivity index is 1.99. The lowest BCUT2D eigenvalue weighted by Crippen LogP contribution is -2.44. The average Bonchev–Trinajstić information content (AvgIpc) is 2.42. The Bertz CT molecular complexity index is 759. The number of aromatic nitrogens is 1. The molecule has 1 aromatic carbocycles. The third kappa shape index (κ3) is 4.51.